The van der Waals surface area contributed by atoms with E-state index in [0.29, 0.717) is 12.6 Å². The number of ether oxygens (including phenoxy) is 1. The molecule has 2 aromatic rings. The van der Waals surface area contributed by atoms with Gasteiger partial charge < -0.3 is 10.5 Å². The van der Waals surface area contributed by atoms with Crippen LogP contribution in [0.15, 0.2) is 41.8 Å². The molecule has 2 unspecified atom stereocenters. The van der Waals surface area contributed by atoms with Crippen LogP contribution in [0, 0.1) is 0 Å². The molecule has 0 aliphatic rings. The number of nitrogens with two attached hydrogens (primary N) is 1. The van der Waals surface area contributed by atoms with E-state index in [0.717, 1.165) is 5.75 Å². The summed E-state index contributed by atoms with van der Waals surface area (Å²) in [4.78, 5) is 3.69. The lowest BCUT2D eigenvalue weighted by Crippen LogP contribution is -2.32. The van der Waals surface area contributed by atoms with Gasteiger partial charge in [0.2, 0.25) is 0 Å². The fourth-order valence-electron chi connectivity index (χ4n) is 2.36. The monoisotopic (exact) mass is 290 g/mol. The molecule has 20 heavy (non-hydrogen) atoms. The largest absolute Gasteiger partial charge is 0.497 e. The van der Waals surface area contributed by atoms with Gasteiger partial charge in [-0.15, -0.1) is 11.3 Å². The molecular weight excluding hydrogens is 268 g/mol. The molecule has 2 atom stereocenters. The first-order chi connectivity index (χ1) is 9.67. The Morgan fingerprint density at radius 1 is 1.25 bits per heavy atom. The molecule has 0 aliphatic heterocycles. The lowest BCUT2D eigenvalue weighted by atomic mass is 10.0. The molecule has 0 saturated heterocycles. The Bertz CT molecular complexity index is 510. The summed E-state index contributed by atoms with van der Waals surface area (Å²) in [5.74, 6) is 0.874. The highest BCUT2D eigenvalue weighted by Gasteiger charge is 2.22. The third-order valence-electron chi connectivity index (χ3n) is 3.78. The number of rotatable bonds is 6. The van der Waals surface area contributed by atoms with Crippen LogP contribution in [0.5, 0.6) is 5.75 Å². The molecule has 1 aromatic heterocycles. The van der Waals surface area contributed by atoms with Crippen LogP contribution < -0.4 is 10.5 Å². The summed E-state index contributed by atoms with van der Waals surface area (Å²) in [6, 6.07) is 13.0. The molecule has 2 rings (SSSR count). The van der Waals surface area contributed by atoms with Crippen LogP contribution in [0.1, 0.15) is 29.4 Å². The zero-order valence-electron chi connectivity index (χ0n) is 12.2. The van der Waals surface area contributed by atoms with Gasteiger partial charge in [-0.3, -0.25) is 4.90 Å². The Balaban J connectivity index is 2.17. The van der Waals surface area contributed by atoms with Crippen molar-refractivity contribution in [3.05, 3.63) is 52.2 Å². The van der Waals surface area contributed by atoms with Crippen LogP contribution in [-0.2, 0) is 0 Å². The number of methoxy groups -OCH3 is 1. The van der Waals surface area contributed by atoms with E-state index in [1.165, 1.54) is 10.4 Å². The average Bonchev–Trinajstić information content (AvgIpc) is 3.02. The SMILES string of the molecule is COc1ccc(C(CN)N(C)C(C)c2cccs2)cc1. The van der Waals surface area contributed by atoms with Gasteiger partial charge in [0.1, 0.15) is 5.75 Å². The molecule has 108 valence electrons. The van der Waals surface area contributed by atoms with Crippen LogP contribution in [0.25, 0.3) is 0 Å². The molecule has 1 aromatic carbocycles. The van der Waals surface area contributed by atoms with E-state index in [1.54, 1.807) is 18.4 Å². The zero-order chi connectivity index (χ0) is 14.5. The second-order valence-electron chi connectivity index (χ2n) is 4.88. The normalized spacial score (nSPS) is 14.2. The minimum atomic E-state index is 0.206. The standard InChI is InChI=1S/C16H22N2OS/c1-12(16-5-4-10-20-16)18(2)15(11-17)13-6-8-14(19-3)9-7-13/h4-10,12,15H,11,17H2,1-3H3. The molecule has 0 aliphatic carbocycles. The Morgan fingerprint density at radius 2 is 1.95 bits per heavy atom. The molecule has 0 radical (unpaired) electrons. The minimum absolute atomic E-state index is 0.206. The number of hydrogen-bond donors (Lipinski definition) is 1. The summed E-state index contributed by atoms with van der Waals surface area (Å²) in [6.45, 7) is 2.82. The number of hydrogen-bond acceptors (Lipinski definition) is 4. The highest BCUT2D eigenvalue weighted by molar-refractivity contribution is 7.10. The molecule has 2 N–H and O–H groups in total. The van der Waals surface area contributed by atoms with Crippen LogP contribution in [-0.4, -0.2) is 25.6 Å². The first-order valence-electron chi connectivity index (χ1n) is 6.76. The second kappa shape index (κ2) is 6.88. The van der Waals surface area contributed by atoms with E-state index in [2.05, 4.69) is 48.5 Å². The van der Waals surface area contributed by atoms with E-state index >= 15 is 0 Å². The van der Waals surface area contributed by atoms with Crippen molar-refractivity contribution in [2.24, 2.45) is 5.73 Å². The van der Waals surface area contributed by atoms with Crippen LogP contribution in [0.2, 0.25) is 0 Å². The minimum Gasteiger partial charge on any atom is -0.497 e. The third kappa shape index (κ3) is 3.20. The van der Waals surface area contributed by atoms with E-state index in [-0.39, 0.29) is 6.04 Å². The Morgan fingerprint density at radius 3 is 2.45 bits per heavy atom. The fraction of sp³-hybridized carbons (Fsp3) is 0.375. The molecular formula is C16H22N2OS. The van der Waals surface area contributed by atoms with Crippen LogP contribution in [0.4, 0.5) is 0 Å². The fourth-order valence-corrected chi connectivity index (χ4v) is 3.20. The lowest BCUT2D eigenvalue weighted by Gasteiger charge is -2.32. The van der Waals surface area contributed by atoms with Gasteiger partial charge >= 0.3 is 0 Å². The maximum Gasteiger partial charge on any atom is 0.118 e. The Kier molecular flexibility index (Phi) is 5.17. The van der Waals surface area contributed by atoms with E-state index in [9.17, 15) is 0 Å². The van der Waals surface area contributed by atoms with Crippen LogP contribution >= 0.6 is 11.3 Å². The Labute approximate surface area is 125 Å². The van der Waals surface area contributed by atoms with Crippen molar-refractivity contribution < 1.29 is 4.74 Å². The summed E-state index contributed by atoms with van der Waals surface area (Å²) in [6.07, 6.45) is 0. The predicted octanol–water partition coefficient (Wildman–Crippen LogP) is 3.45. The van der Waals surface area contributed by atoms with E-state index in [1.807, 2.05) is 12.1 Å². The van der Waals surface area contributed by atoms with Gasteiger partial charge in [-0.05, 0) is 43.1 Å². The van der Waals surface area contributed by atoms with E-state index in [4.69, 9.17) is 10.5 Å². The van der Waals surface area contributed by atoms with Gasteiger partial charge in [0.15, 0.2) is 0 Å². The molecule has 0 spiro atoms. The molecule has 1 heterocycles. The zero-order valence-corrected chi connectivity index (χ0v) is 13.1. The van der Waals surface area contributed by atoms with Crippen LogP contribution in [0.3, 0.4) is 0 Å². The second-order valence-corrected chi connectivity index (χ2v) is 5.86. The third-order valence-corrected chi connectivity index (χ3v) is 4.82. The van der Waals surface area contributed by atoms with Crippen molar-refractivity contribution in [2.45, 2.75) is 19.0 Å². The molecule has 4 heteroatoms. The first-order valence-corrected chi connectivity index (χ1v) is 7.64. The van der Waals surface area contributed by atoms with Crippen molar-refractivity contribution in [1.82, 2.24) is 4.90 Å². The number of nitrogens with zero attached hydrogens (tertiary/aromatic N) is 1. The summed E-state index contributed by atoms with van der Waals surface area (Å²) < 4.78 is 5.21. The lowest BCUT2D eigenvalue weighted by molar-refractivity contribution is 0.193. The molecule has 0 saturated carbocycles. The van der Waals surface area contributed by atoms with Gasteiger partial charge in [0, 0.05) is 23.5 Å². The quantitative estimate of drug-likeness (QED) is 0.885. The van der Waals surface area contributed by atoms with Gasteiger partial charge in [-0.1, -0.05) is 18.2 Å². The van der Waals surface area contributed by atoms with Crippen molar-refractivity contribution in [3.63, 3.8) is 0 Å². The number of benzene rings is 1. The summed E-state index contributed by atoms with van der Waals surface area (Å²) >= 11 is 1.79. The van der Waals surface area contributed by atoms with Gasteiger partial charge in [0.25, 0.3) is 0 Å². The van der Waals surface area contributed by atoms with Gasteiger partial charge in [-0.2, -0.15) is 0 Å². The average molecular weight is 290 g/mol. The molecule has 0 fully saturated rings. The highest BCUT2D eigenvalue weighted by Crippen LogP contribution is 2.31. The maximum absolute atomic E-state index is 6.00. The first kappa shape index (κ1) is 15.0. The molecule has 0 amide bonds. The van der Waals surface area contributed by atoms with Crippen molar-refractivity contribution in [2.75, 3.05) is 20.7 Å². The topological polar surface area (TPSA) is 38.5 Å². The summed E-state index contributed by atoms with van der Waals surface area (Å²) in [7, 11) is 3.81. The van der Waals surface area contributed by atoms with Crippen molar-refractivity contribution in [1.29, 1.82) is 0 Å². The van der Waals surface area contributed by atoms with Gasteiger partial charge in [0.05, 0.1) is 7.11 Å². The number of thiophene rings is 1. The van der Waals surface area contributed by atoms with Crippen molar-refractivity contribution >= 4 is 11.3 Å². The van der Waals surface area contributed by atoms with Crippen molar-refractivity contribution in [3.8, 4) is 5.75 Å². The summed E-state index contributed by atoms with van der Waals surface area (Å²) in [5.41, 5.74) is 7.22. The summed E-state index contributed by atoms with van der Waals surface area (Å²) in [5, 5.41) is 2.12. The number of likely N-dealkylation sites (N-methyl/N-ethyl adjacent to an activating group) is 1. The van der Waals surface area contributed by atoms with Gasteiger partial charge in [-0.25, -0.2) is 0 Å². The predicted molar refractivity (Wildman–Crippen MR) is 85.3 cm³/mol. The maximum atomic E-state index is 6.00. The molecule has 3 nitrogen and oxygen atoms in total. The molecule has 0 bridgehead atoms. The Hall–Kier alpha value is -1.36. The highest BCUT2D eigenvalue weighted by atomic mass is 32.1. The van der Waals surface area contributed by atoms with E-state index < -0.39 is 0 Å². The smallest absolute Gasteiger partial charge is 0.118 e.